The molecule has 0 saturated carbocycles. The second kappa shape index (κ2) is 5.56. The van der Waals surface area contributed by atoms with Crippen molar-refractivity contribution >= 4 is 10.8 Å². The second-order valence-electron chi connectivity index (χ2n) is 6.93. The second-order valence-corrected chi connectivity index (χ2v) is 6.93. The average Bonchev–Trinajstić information content (AvgIpc) is 3.17. The number of nitrogens with one attached hydrogen (secondary N) is 1. The van der Waals surface area contributed by atoms with E-state index in [-0.39, 0.29) is 0 Å². The van der Waals surface area contributed by atoms with E-state index in [0.29, 0.717) is 5.41 Å². The van der Waals surface area contributed by atoms with E-state index in [1.807, 2.05) is 6.07 Å². The van der Waals surface area contributed by atoms with E-state index in [9.17, 15) is 0 Å². The highest BCUT2D eigenvalue weighted by molar-refractivity contribution is 5.84. The molecule has 0 aromatic heterocycles. The Kier molecular flexibility index (Phi) is 3.55. The number of likely N-dealkylation sites (tertiary alicyclic amines) is 1. The molecule has 2 aliphatic heterocycles. The summed E-state index contributed by atoms with van der Waals surface area (Å²) in [5, 5.41) is 6.09. The lowest BCUT2D eigenvalue weighted by Gasteiger charge is -2.23. The third kappa shape index (κ3) is 2.59. The van der Waals surface area contributed by atoms with Crippen molar-refractivity contribution in [3.05, 3.63) is 42.0 Å². The SMILES string of the molecule is COc1ccc2cc(CN3CCC4(CCNC4)C3)ccc2c1. The first-order valence-electron chi connectivity index (χ1n) is 8.26. The van der Waals surface area contributed by atoms with Gasteiger partial charge in [-0.1, -0.05) is 18.2 Å². The van der Waals surface area contributed by atoms with Crippen LogP contribution < -0.4 is 10.1 Å². The molecule has 0 bridgehead atoms. The number of ether oxygens (including phenoxy) is 1. The Bertz CT molecular complexity index is 676. The Balaban J connectivity index is 1.50. The fourth-order valence-electron chi connectivity index (χ4n) is 4.06. The maximum atomic E-state index is 5.30. The van der Waals surface area contributed by atoms with Gasteiger partial charge >= 0.3 is 0 Å². The summed E-state index contributed by atoms with van der Waals surface area (Å²) < 4.78 is 5.30. The smallest absolute Gasteiger partial charge is 0.119 e. The molecule has 3 heteroatoms. The fourth-order valence-corrected chi connectivity index (χ4v) is 4.06. The number of benzene rings is 2. The molecular weight excluding hydrogens is 272 g/mol. The Morgan fingerprint density at radius 2 is 2.00 bits per heavy atom. The van der Waals surface area contributed by atoms with Gasteiger partial charge in [0.2, 0.25) is 0 Å². The summed E-state index contributed by atoms with van der Waals surface area (Å²) in [5.41, 5.74) is 1.98. The Hall–Kier alpha value is -1.58. The van der Waals surface area contributed by atoms with Crippen LogP contribution in [0.5, 0.6) is 5.75 Å². The van der Waals surface area contributed by atoms with E-state index >= 15 is 0 Å². The minimum Gasteiger partial charge on any atom is -0.497 e. The molecule has 0 aliphatic carbocycles. The summed E-state index contributed by atoms with van der Waals surface area (Å²) in [6.07, 6.45) is 2.70. The molecule has 2 aromatic rings. The molecule has 2 aliphatic rings. The maximum Gasteiger partial charge on any atom is 0.119 e. The maximum absolute atomic E-state index is 5.30. The molecule has 0 amide bonds. The van der Waals surface area contributed by atoms with Gasteiger partial charge in [-0.15, -0.1) is 0 Å². The molecule has 1 N–H and O–H groups in total. The number of rotatable bonds is 3. The summed E-state index contributed by atoms with van der Waals surface area (Å²) in [7, 11) is 1.72. The van der Waals surface area contributed by atoms with Crippen LogP contribution in [0.25, 0.3) is 10.8 Å². The zero-order chi connectivity index (χ0) is 15.0. The van der Waals surface area contributed by atoms with Crippen LogP contribution in [0.3, 0.4) is 0 Å². The Morgan fingerprint density at radius 1 is 1.14 bits per heavy atom. The largest absolute Gasteiger partial charge is 0.497 e. The molecule has 2 heterocycles. The fraction of sp³-hybridized carbons (Fsp3) is 0.474. The monoisotopic (exact) mass is 296 g/mol. The minimum absolute atomic E-state index is 0.560. The predicted octanol–water partition coefficient (Wildman–Crippen LogP) is 3.03. The molecule has 2 fully saturated rings. The van der Waals surface area contributed by atoms with Gasteiger partial charge in [-0.3, -0.25) is 4.90 Å². The van der Waals surface area contributed by atoms with Crippen molar-refractivity contribution in [3.8, 4) is 5.75 Å². The Labute approximate surface area is 132 Å². The van der Waals surface area contributed by atoms with Crippen LogP contribution in [-0.2, 0) is 6.54 Å². The number of hydrogen-bond donors (Lipinski definition) is 1. The lowest BCUT2D eigenvalue weighted by Crippen LogP contribution is -2.28. The van der Waals surface area contributed by atoms with E-state index in [0.717, 1.165) is 12.3 Å². The van der Waals surface area contributed by atoms with E-state index in [2.05, 4.69) is 40.5 Å². The zero-order valence-corrected chi connectivity index (χ0v) is 13.3. The number of methoxy groups -OCH3 is 1. The molecule has 1 unspecified atom stereocenters. The lowest BCUT2D eigenvalue weighted by molar-refractivity contribution is 0.269. The third-order valence-electron chi connectivity index (χ3n) is 5.37. The van der Waals surface area contributed by atoms with Crippen LogP contribution in [0, 0.1) is 5.41 Å². The molecule has 2 aromatic carbocycles. The Morgan fingerprint density at radius 3 is 2.82 bits per heavy atom. The molecule has 22 heavy (non-hydrogen) atoms. The van der Waals surface area contributed by atoms with Crippen LogP contribution in [0.2, 0.25) is 0 Å². The van der Waals surface area contributed by atoms with Crippen molar-refractivity contribution in [2.75, 3.05) is 33.3 Å². The first-order chi connectivity index (χ1) is 10.8. The van der Waals surface area contributed by atoms with Crippen LogP contribution in [0.15, 0.2) is 36.4 Å². The van der Waals surface area contributed by atoms with Gasteiger partial charge in [-0.25, -0.2) is 0 Å². The topological polar surface area (TPSA) is 24.5 Å². The molecular formula is C19H24N2O. The van der Waals surface area contributed by atoms with Crippen molar-refractivity contribution in [3.63, 3.8) is 0 Å². The molecule has 1 atom stereocenters. The lowest BCUT2D eigenvalue weighted by atomic mass is 9.86. The molecule has 116 valence electrons. The van der Waals surface area contributed by atoms with E-state index < -0.39 is 0 Å². The van der Waals surface area contributed by atoms with Gasteiger partial charge in [-0.05, 0) is 65.9 Å². The van der Waals surface area contributed by atoms with Crippen LogP contribution >= 0.6 is 0 Å². The molecule has 1 spiro atoms. The van der Waals surface area contributed by atoms with E-state index in [1.54, 1.807) is 7.11 Å². The number of hydrogen-bond acceptors (Lipinski definition) is 3. The van der Waals surface area contributed by atoms with Crippen molar-refractivity contribution in [2.24, 2.45) is 5.41 Å². The summed E-state index contributed by atoms with van der Waals surface area (Å²) >= 11 is 0. The third-order valence-corrected chi connectivity index (χ3v) is 5.37. The van der Waals surface area contributed by atoms with Gasteiger partial charge in [0.25, 0.3) is 0 Å². The molecule has 4 rings (SSSR count). The van der Waals surface area contributed by atoms with Crippen molar-refractivity contribution in [1.82, 2.24) is 10.2 Å². The van der Waals surface area contributed by atoms with Gasteiger partial charge in [0.05, 0.1) is 7.11 Å². The van der Waals surface area contributed by atoms with Crippen LogP contribution in [-0.4, -0.2) is 38.2 Å². The van der Waals surface area contributed by atoms with Gasteiger partial charge < -0.3 is 10.1 Å². The van der Waals surface area contributed by atoms with E-state index in [1.165, 1.54) is 55.4 Å². The predicted molar refractivity (Wildman–Crippen MR) is 90.3 cm³/mol. The average molecular weight is 296 g/mol. The number of fused-ring (bicyclic) bond motifs is 1. The molecule has 2 saturated heterocycles. The highest BCUT2D eigenvalue weighted by Gasteiger charge is 2.39. The van der Waals surface area contributed by atoms with Crippen molar-refractivity contribution < 1.29 is 4.74 Å². The van der Waals surface area contributed by atoms with Crippen LogP contribution in [0.1, 0.15) is 18.4 Å². The minimum atomic E-state index is 0.560. The summed E-state index contributed by atoms with van der Waals surface area (Å²) in [6.45, 7) is 5.97. The quantitative estimate of drug-likeness (QED) is 0.942. The van der Waals surface area contributed by atoms with Crippen LogP contribution in [0.4, 0.5) is 0 Å². The summed E-state index contributed by atoms with van der Waals surface area (Å²) in [6, 6.07) is 13.1. The highest BCUT2D eigenvalue weighted by Crippen LogP contribution is 2.36. The summed E-state index contributed by atoms with van der Waals surface area (Å²) in [4.78, 5) is 2.62. The van der Waals surface area contributed by atoms with Gasteiger partial charge in [0, 0.05) is 19.6 Å². The number of nitrogens with zero attached hydrogens (tertiary/aromatic N) is 1. The van der Waals surface area contributed by atoms with Gasteiger partial charge in [-0.2, -0.15) is 0 Å². The van der Waals surface area contributed by atoms with Crippen molar-refractivity contribution in [2.45, 2.75) is 19.4 Å². The molecule has 0 radical (unpaired) electrons. The first kappa shape index (κ1) is 14.0. The summed E-state index contributed by atoms with van der Waals surface area (Å²) in [5.74, 6) is 0.926. The van der Waals surface area contributed by atoms with Crippen molar-refractivity contribution in [1.29, 1.82) is 0 Å². The highest BCUT2D eigenvalue weighted by atomic mass is 16.5. The standard InChI is InChI=1S/C19H24N2O/c1-22-18-5-4-16-10-15(2-3-17(16)11-18)12-21-9-7-19(14-21)6-8-20-13-19/h2-5,10-11,20H,6-9,12-14H2,1H3. The first-order valence-corrected chi connectivity index (χ1v) is 8.26. The normalized spacial score (nSPS) is 25.3. The molecule has 3 nitrogen and oxygen atoms in total. The zero-order valence-electron chi connectivity index (χ0n) is 13.3. The van der Waals surface area contributed by atoms with Gasteiger partial charge in [0.15, 0.2) is 0 Å². The van der Waals surface area contributed by atoms with E-state index in [4.69, 9.17) is 4.74 Å². The van der Waals surface area contributed by atoms with Gasteiger partial charge in [0.1, 0.15) is 5.75 Å².